The largest absolute Gasteiger partial charge is 0.355 e. The number of hydrogen-bond donors (Lipinski definition) is 1. The van der Waals surface area contributed by atoms with E-state index in [2.05, 4.69) is 22.3 Å². The molecule has 1 aromatic carbocycles. The van der Waals surface area contributed by atoms with Gasteiger partial charge in [0.1, 0.15) is 0 Å². The number of benzene rings is 1. The summed E-state index contributed by atoms with van der Waals surface area (Å²) in [6, 6.07) is 10.8. The summed E-state index contributed by atoms with van der Waals surface area (Å²) < 4.78 is 0. The first-order valence-corrected chi connectivity index (χ1v) is 11.9. The van der Waals surface area contributed by atoms with Crippen molar-refractivity contribution in [2.75, 3.05) is 44.7 Å². The van der Waals surface area contributed by atoms with Gasteiger partial charge in [0.2, 0.25) is 11.8 Å². The Bertz CT molecular complexity index is 632. The molecule has 0 aliphatic carbocycles. The molecule has 2 aliphatic heterocycles. The van der Waals surface area contributed by atoms with E-state index in [1.807, 2.05) is 29.4 Å². The normalized spacial score (nSPS) is 21.5. The molecule has 2 aliphatic rings. The van der Waals surface area contributed by atoms with Gasteiger partial charge in [0.25, 0.3) is 0 Å². The van der Waals surface area contributed by atoms with Gasteiger partial charge in [0.05, 0.1) is 11.7 Å². The molecule has 0 aromatic heterocycles. The second-order valence-corrected chi connectivity index (χ2v) is 8.77. The van der Waals surface area contributed by atoms with Gasteiger partial charge >= 0.3 is 0 Å². The third-order valence-corrected chi connectivity index (χ3v) is 6.52. The second kappa shape index (κ2) is 10.9. The van der Waals surface area contributed by atoms with Gasteiger partial charge in [-0.25, -0.2) is 0 Å². The van der Waals surface area contributed by atoms with Crippen LogP contribution in [0.2, 0.25) is 0 Å². The lowest BCUT2D eigenvalue weighted by molar-refractivity contribution is -0.130. The van der Waals surface area contributed by atoms with Gasteiger partial charge in [-0.15, -0.1) is 0 Å². The predicted octanol–water partition coefficient (Wildman–Crippen LogP) is 2.41. The first-order valence-electron chi connectivity index (χ1n) is 10.5. The van der Waals surface area contributed by atoms with Crippen molar-refractivity contribution in [3.63, 3.8) is 0 Å². The fourth-order valence-electron chi connectivity index (χ4n) is 4.37. The van der Waals surface area contributed by atoms with Gasteiger partial charge in [-0.3, -0.25) is 14.5 Å². The van der Waals surface area contributed by atoms with Crippen LogP contribution in [0.4, 0.5) is 0 Å². The number of rotatable bonds is 7. The van der Waals surface area contributed by atoms with Crippen LogP contribution in [0.5, 0.6) is 0 Å². The highest BCUT2D eigenvalue weighted by atomic mass is 32.2. The van der Waals surface area contributed by atoms with Crippen LogP contribution in [0.3, 0.4) is 0 Å². The van der Waals surface area contributed by atoms with E-state index in [9.17, 15) is 9.59 Å². The molecule has 2 saturated heterocycles. The maximum absolute atomic E-state index is 12.6. The monoisotopic (exact) mass is 403 g/mol. The van der Waals surface area contributed by atoms with Crippen LogP contribution in [0, 0.1) is 5.92 Å². The van der Waals surface area contributed by atoms with Crippen LogP contribution in [-0.4, -0.2) is 72.4 Å². The van der Waals surface area contributed by atoms with Crippen molar-refractivity contribution in [3.8, 4) is 0 Å². The molecule has 2 amide bonds. The Labute approximate surface area is 173 Å². The molecule has 28 heavy (non-hydrogen) atoms. The molecular weight excluding hydrogens is 370 g/mol. The zero-order valence-corrected chi connectivity index (χ0v) is 17.8. The highest BCUT2D eigenvalue weighted by Crippen LogP contribution is 2.24. The minimum absolute atomic E-state index is 0.0978. The van der Waals surface area contributed by atoms with Crippen molar-refractivity contribution in [2.45, 2.75) is 38.1 Å². The number of thioether (sulfide) groups is 1. The van der Waals surface area contributed by atoms with E-state index in [0.29, 0.717) is 18.3 Å². The first kappa shape index (κ1) is 21.2. The first-order chi connectivity index (χ1) is 13.7. The maximum Gasteiger partial charge on any atom is 0.232 e. The van der Waals surface area contributed by atoms with Gasteiger partial charge in [-0.05, 0) is 50.5 Å². The van der Waals surface area contributed by atoms with Crippen LogP contribution in [0.15, 0.2) is 30.3 Å². The zero-order valence-electron chi connectivity index (χ0n) is 16.9. The Morgan fingerprint density at radius 2 is 1.86 bits per heavy atom. The molecule has 3 rings (SSSR count). The summed E-state index contributed by atoms with van der Waals surface area (Å²) >= 11 is 1.59. The Balaban J connectivity index is 1.41. The number of carbonyl (C=O) groups excluding carboxylic acids is 2. The molecular formula is C22H33N3O2S. The average Bonchev–Trinajstić information content (AvgIpc) is 2.75. The maximum atomic E-state index is 12.6. The number of amides is 2. The van der Waals surface area contributed by atoms with Crippen molar-refractivity contribution in [1.29, 1.82) is 0 Å². The molecule has 0 bridgehead atoms. The van der Waals surface area contributed by atoms with E-state index < -0.39 is 0 Å². The van der Waals surface area contributed by atoms with Crippen molar-refractivity contribution < 1.29 is 9.59 Å². The smallest absolute Gasteiger partial charge is 0.232 e. The lowest BCUT2D eigenvalue weighted by Gasteiger charge is -2.42. The minimum atomic E-state index is 0.0978. The molecule has 2 fully saturated rings. The minimum Gasteiger partial charge on any atom is -0.355 e. The molecule has 0 radical (unpaired) electrons. The zero-order chi connectivity index (χ0) is 19.8. The Morgan fingerprint density at radius 1 is 1.11 bits per heavy atom. The molecule has 5 nitrogen and oxygen atoms in total. The van der Waals surface area contributed by atoms with Gasteiger partial charge in [-0.1, -0.05) is 30.3 Å². The molecule has 6 heteroatoms. The molecule has 0 saturated carbocycles. The fraction of sp³-hybridized carbons (Fsp3) is 0.636. The molecule has 154 valence electrons. The predicted molar refractivity (Wildman–Crippen MR) is 115 cm³/mol. The number of nitrogens with zero attached hydrogens (tertiary/aromatic N) is 2. The highest BCUT2D eigenvalue weighted by Gasteiger charge is 2.32. The van der Waals surface area contributed by atoms with E-state index in [1.54, 1.807) is 11.8 Å². The van der Waals surface area contributed by atoms with Crippen LogP contribution >= 0.6 is 11.8 Å². The fourth-order valence-corrected chi connectivity index (χ4v) is 4.80. The molecule has 0 spiro atoms. The summed E-state index contributed by atoms with van der Waals surface area (Å²) in [6.07, 6.45) is 6.99. The molecule has 2 heterocycles. The third-order valence-electron chi connectivity index (χ3n) is 5.98. The number of hydrogen-bond acceptors (Lipinski definition) is 4. The lowest BCUT2D eigenvalue weighted by atomic mass is 9.93. The van der Waals surface area contributed by atoms with Crippen molar-refractivity contribution in [1.82, 2.24) is 15.1 Å². The summed E-state index contributed by atoms with van der Waals surface area (Å²) in [4.78, 5) is 29.2. The average molecular weight is 404 g/mol. The van der Waals surface area contributed by atoms with E-state index >= 15 is 0 Å². The van der Waals surface area contributed by atoms with Gasteiger partial charge in [0, 0.05) is 32.2 Å². The SMILES string of the molecule is CSCC(=O)N1CCC(N2CCCC(C(=O)NCCc3ccccc3)C2)CC1. The Morgan fingerprint density at radius 3 is 2.57 bits per heavy atom. The number of carbonyl (C=O) groups is 2. The van der Waals surface area contributed by atoms with Crippen molar-refractivity contribution in [3.05, 3.63) is 35.9 Å². The standard InChI is InChI=1S/C22H33N3O2S/c1-28-17-21(26)24-14-10-20(11-15-24)25-13-5-8-19(16-25)22(27)23-12-9-18-6-3-2-4-7-18/h2-4,6-7,19-20H,5,8-17H2,1H3,(H,23,27). The summed E-state index contributed by atoms with van der Waals surface area (Å²) in [6.45, 7) is 4.36. The lowest BCUT2D eigenvalue weighted by Crippen LogP contribution is -2.51. The van der Waals surface area contributed by atoms with E-state index in [0.717, 1.165) is 58.3 Å². The van der Waals surface area contributed by atoms with Crippen molar-refractivity contribution >= 4 is 23.6 Å². The number of likely N-dealkylation sites (tertiary alicyclic amines) is 2. The third kappa shape index (κ3) is 5.98. The van der Waals surface area contributed by atoms with E-state index in [-0.39, 0.29) is 17.7 Å². The molecule has 1 atom stereocenters. The number of piperidine rings is 2. The Kier molecular flexibility index (Phi) is 8.22. The summed E-state index contributed by atoms with van der Waals surface area (Å²) in [5.41, 5.74) is 1.26. The highest BCUT2D eigenvalue weighted by molar-refractivity contribution is 7.99. The Hall–Kier alpha value is -1.53. The van der Waals surface area contributed by atoms with Crippen molar-refractivity contribution in [2.24, 2.45) is 5.92 Å². The molecule has 1 N–H and O–H groups in total. The van der Waals surface area contributed by atoms with E-state index in [1.165, 1.54) is 5.56 Å². The van der Waals surface area contributed by atoms with Crippen LogP contribution in [-0.2, 0) is 16.0 Å². The number of nitrogens with one attached hydrogen (secondary N) is 1. The topological polar surface area (TPSA) is 52.7 Å². The summed E-state index contributed by atoms with van der Waals surface area (Å²) in [5, 5.41) is 3.14. The summed E-state index contributed by atoms with van der Waals surface area (Å²) in [7, 11) is 0. The quantitative estimate of drug-likeness (QED) is 0.760. The molecule has 1 aromatic rings. The van der Waals surface area contributed by atoms with Gasteiger partial charge in [-0.2, -0.15) is 11.8 Å². The van der Waals surface area contributed by atoms with Gasteiger partial charge < -0.3 is 10.2 Å². The molecule has 1 unspecified atom stereocenters. The van der Waals surface area contributed by atoms with Crippen LogP contribution in [0.25, 0.3) is 0 Å². The van der Waals surface area contributed by atoms with Crippen LogP contribution < -0.4 is 5.32 Å². The van der Waals surface area contributed by atoms with E-state index in [4.69, 9.17) is 0 Å². The second-order valence-electron chi connectivity index (χ2n) is 7.91. The van der Waals surface area contributed by atoms with Crippen LogP contribution in [0.1, 0.15) is 31.2 Å². The van der Waals surface area contributed by atoms with Gasteiger partial charge in [0.15, 0.2) is 0 Å². The summed E-state index contributed by atoms with van der Waals surface area (Å²) in [5.74, 6) is 1.15.